The Morgan fingerprint density at radius 3 is 2.29 bits per heavy atom. The van der Waals surface area contributed by atoms with Crippen molar-refractivity contribution in [3.05, 3.63) is 130 Å². The summed E-state index contributed by atoms with van der Waals surface area (Å²) in [5, 5.41) is 3.25. The van der Waals surface area contributed by atoms with Crippen LogP contribution in [0.5, 0.6) is 5.75 Å². The zero-order valence-corrected chi connectivity index (χ0v) is 19.9. The van der Waals surface area contributed by atoms with Crippen LogP contribution in [-0.2, 0) is 17.8 Å². The predicted molar refractivity (Wildman–Crippen MR) is 136 cm³/mol. The van der Waals surface area contributed by atoms with Gasteiger partial charge < -0.3 is 10.1 Å². The molecule has 0 bridgehead atoms. The van der Waals surface area contributed by atoms with Crippen LogP contribution in [0.3, 0.4) is 0 Å². The second-order valence-corrected chi connectivity index (χ2v) is 8.69. The molecular weight excluding hydrogens is 420 g/mol. The molecule has 0 aliphatic heterocycles. The number of rotatable bonds is 8. The third-order valence-electron chi connectivity index (χ3n) is 5.84. The highest BCUT2D eigenvalue weighted by atomic mass is 16.5. The fourth-order valence-corrected chi connectivity index (χ4v) is 3.99. The number of ether oxygens (including phenoxy) is 1. The fourth-order valence-electron chi connectivity index (χ4n) is 3.99. The van der Waals surface area contributed by atoms with Gasteiger partial charge in [-0.1, -0.05) is 72.3 Å². The van der Waals surface area contributed by atoms with E-state index in [1.165, 1.54) is 11.1 Å². The highest BCUT2D eigenvalue weighted by molar-refractivity contribution is 5.79. The van der Waals surface area contributed by atoms with Crippen molar-refractivity contribution in [3.8, 4) is 5.75 Å². The Morgan fingerprint density at radius 2 is 1.62 bits per heavy atom. The Morgan fingerprint density at radius 1 is 0.882 bits per heavy atom. The van der Waals surface area contributed by atoms with E-state index in [0.717, 1.165) is 33.7 Å². The molecule has 0 saturated heterocycles. The maximum atomic E-state index is 13.0. The van der Waals surface area contributed by atoms with Crippen molar-refractivity contribution in [2.24, 2.45) is 0 Å². The third kappa shape index (κ3) is 6.10. The molecule has 0 aliphatic rings. The second kappa shape index (κ2) is 10.8. The number of nitrogens with zero attached hydrogens (tertiary/aromatic N) is 1. The molecule has 34 heavy (non-hydrogen) atoms. The molecule has 1 amide bonds. The van der Waals surface area contributed by atoms with Gasteiger partial charge in [0.05, 0.1) is 12.5 Å². The number of pyridine rings is 1. The number of carbonyl (C=O) groups excluding carboxylic acids is 1. The predicted octanol–water partition coefficient (Wildman–Crippen LogP) is 6.03. The van der Waals surface area contributed by atoms with E-state index < -0.39 is 0 Å². The largest absolute Gasteiger partial charge is 0.489 e. The van der Waals surface area contributed by atoms with E-state index in [4.69, 9.17) is 4.74 Å². The van der Waals surface area contributed by atoms with Gasteiger partial charge in [-0.25, -0.2) is 0 Å². The molecule has 0 aliphatic carbocycles. The minimum absolute atomic E-state index is 0.0202. The first-order chi connectivity index (χ1) is 16.5. The Kier molecular flexibility index (Phi) is 7.38. The minimum atomic E-state index is -0.194. The maximum absolute atomic E-state index is 13.0. The molecule has 0 radical (unpaired) electrons. The first-order valence-electron chi connectivity index (χ1n) is 11.5. The highest BCUT2D eigenvalue weighted by Gasteiger charge is 2.19. The summed E-state index contributed by atoms with van der Waals surface area (Å²) in [6, 6.07) is 28.0. The van der Waals surface area contributed by atoms with Crippen molar-refractivity contribution in [1.82, 2.24) is 10.3 Å². The highest BCUT2D eigenvalue weighted by Crippen LogP contribution is 2.26. The smallest absolute Gasteiger partial charge is 0.225 e. The van der Waals surface area contributed by atoms with Crippen LogP contribution >= 0.6 is 0 Å². The monoisotopic (exact) mass is 450 g/mol. The number of nitrogens with one attached hydrogen (secondary N) is 1. The molecular formula is C30H30N2O2. The van der Waals surface area contributed by atoms with Gasteiger partial charge in [-0.15, -0.1) is 0 Å². The van der Waals surface area contributed by atoms with Gasteiger partial charge in [0.1, 0.15) is 12.4 Å². The first-order valence-corrected chi connectivity index (χ1v) is 11.5. The SMILES string of the molecule is Cc1ccc(C(NC(=O)Cc2ccc(OCc3ccc(C)nc3)cc2)c2ccccc2)c(C)c1. The van der Waals surface area contributed by atoms with Crippen LogP contribution in [-0.4, -0.2) is 10.9 Å². The average Bonchev–Trinajstić information content (AvgIpc) is 2.84. The lowest BCUT2D eigenvalue weighted by Gasteiger charge is -2.22. The molecule has 172 valence electrons. The van der Waals surface area contributed by atoms with E-state index in [-0.39, 0.29) is 11.9 Å². The van der Waals surface area contributed by atoms with Gasteiger partial charge in [-0.3, -0.25) is 9.78 Å². The number of benzene rings is 3. The summed E-state index contributed by atoms with van der Waals surface area (Å²) < 4.78 is 5.85. The maximum Gasteiger partial charge on any atom is 0.225 e. The van der Waals surface area contributed by atoms with Crippen LogP contribution in [0.2, 0.25) is 0 Å². The van der Waals surface area contributed by atoms with Crippen LogP contribution in [0.25, 0.3) is 0 Å². The van der Waals surface area contributed by atoms with Crippen molar-refractivity contribution < 1.29 is 9.53 Å². The Hall–Kier alpha value is -3.92. The zero-order valence-electron chi connectivity index (χ0n) is 19.9. The summed E-state index contributed by atoms with van der Waals surface area (Å²) in [5.74, 6) is 0.746. The van der Waals surface area contributed by atoms with Crippen LogP contribution in [0, 0.1) is 20.8 Å². The zero-order chi connectivity index (χ0) is 23.9. The van der Waals surface area contributed by atoms with Crippen molar-refractivity contribution in [3.63, 3.8) is 0 Å². The van der Waals surface area contributed by atoms with Crippen molar-refractivity contribution in [2.45, 2.75) is 39.8 Å². The lowest BCUT2D eigenvalue weighted by molar-refractivity contribution is -0.120. The summed E-state index contributed by atoms with van der Waals surface area (Å²) in [6.07, 6.45) is 2.13. The van der Waals surface area contributed by atoms with Crippen molar-refractivity contribution in [2.75, 3.05) is 0 Å². The van der Waals surface area contributed by atoms with Gasteiger partial charge in [-0.05, 0) is 61.2 Å². The molecule has 1 N–H and O–H groups in total. The summed E-state index contributed by atoms with van der Waals surface area (Å²) >= 11 is 0. The molecule has 4 aromatic rings. The molecule has 1 unspecified atom stereocenters. The van der Waals surface area contributed by atoms with Gasteiger partial charge in [0.25, 0.3) is 0 Å². The molecule has 1 aromatic heterocycles. The van der Waals surface area contributed by atoms with E-state index in [2.05, 4.69) is 54.5 Å². The molecule has 0 spiro atoms. The first kappa shape index (κ1) is 23.2. The lowest BCUT2D eigenvalue weighted by atomic mass is 9.93. The number of aryl methyl sites for hydroxylation is 3. The third-order valence-corrected chi connectivity index (χ3v) is 5.84. The summed E-state index contributed by atoms with van der Waals surface area (Å²) in [4.78, 5) is 17.3. The molecule has 4 nitrogen and oxygen atoms in total. The molecule has 4 heteroatoms. The Labute approximate surface area is 201 Å². The van der Waals surface area contributed by atoms with Crippen LogP contribution in [0.15, 0.2) is 91.1 Å². The fraction of sp³-hybridized carbons (Fsp3) is 0.200. The van der Waals surface area contributed by atoms with E-state index in [9.17, 15) is 4.79 Å². The van der Waals surface area contributed by atoms with Crippen LogP contribution < -0.4 is 10.1 Å². The van der Waals surface area contributed by atoms with Crippen molar-refractivity contribution >= 4 is 5.91 Å². The quantitative estimate of drug-likeness (QED) is 0.356. The minimum Gasteiger partial charge on any atom is -0.489 e. The molecule has 1 atom stereocenters. The summed E-state index contributed by atoms with van der Waals surface area (Å²) in [5.41, 5.74) is 7.50. The van der Waals surface area contributed by atoms with Crippen molar-refractivity contribution in [1.29, 1.82) is 0 Å². The standard InChI is InChI=1S/C30H30N2O2/c1-21-9-16-28(22(2)17-21)30(26-7-5-4-6-8-26)32-29(33)18-24-12-14-27(15-13-24)34-20-25-11-10-23(3)31-19-25/h4-17,19,30H,18,20H2,1-3H3,(H,32,33). The van der Waals surface area contributed by atoms with Gasteiger partial charge >= 0.3 is 0 Å². The number of amides is 1. The Balaban J connectivity index is 1.41. The van der Waals surface area contributed by atoms with Gasteiger partial charge in [0.15, 0.2) is 0 Å². The number of aromatic nitrogens is 1. The molecule has 0 fully saturated rings. The number of carbonyl (C=O) groups is 1. The Bertz CT molecular complexity index is 1230. The number of hydrogen-bond donors (Lipinski definition) is 1. The summed E-state index contributed by atoms with van der Waals surface area (Å²) in [7, 11) is 0. The molecule has 3 aromatic carbocycles. The van der Waals surface area contributed by atoms with Crippen LogP contribution in [0.4, 0.5) is 0 Å². The average molecular weight is 451 g/mol. The molecule has 0 saturated carbocycles. The van der Waals surface area contributed by atoms with E-state index in [0.29, 0.717) is 13.0 Å². The second-order valence-electron chi connectivity index (χ2n) is 8.69. The van der Waals surface area contributed by atoms with E-state index in [1.807, 2.05) is 67.7 Å². The molecule has 4 rings (SSSR count). The topological polar surface area (TPSA) is 51.2 Å². The van der Waals surface area contributed by atoms with Gasteiger partial charge in [-0.2, -0.15) is 0 Å². The molecule has 1 heterocycles. The lowest BCUT2D eigenvalue weighted by Crippen LogP contribution is -2.31. The number of hydrogen-bond acceptors (Lipinski definition) is 3. The van der Waals surface area contributed by atoms with Gasteiger partial charge in [0, 0.05) is 17.5 Å². The van der Waals surface area contributed by atoms with Gasteiger partial charge in [0.2, 0.25) is 5.91 Å². The normalized spacial score (nSPS) is 11.6. The van der Waals surface area contributed by atoms with Crippen LogP contribution in [0.1, 0.15) is 45.1 Å². The summed E-state index contributed by atoms with van der Waals surface area (Å²) in [6.45, 7) is 6.60. The van der Waals surface area contributed by atoms with E-state index in [1.54, 1.807) is 0 Å². The van der Waals surface area contributed by atoms with E-state index >= 15 is 0 Å².